The van der Waals surface area contributed by atoms with Gasteiger partial charge in [0, 0.05) is 6.61 Å². The van der Waals surface area contributed by atoms with E-state index in [1.54, 1.807) is 31.4 Å². The SMILES string of the molecule is COc1ccc(N2C(=O)CC(NCCCO)C2=O)cc1. The van der Waals surface area contributed by atoms with Gasteiger partial charge in [-0.2, -0.15) is 0 Å². The standard InChI is InChI=1S/C14H18N2O4/c1-20-11-5-3-10(4-6-11)16-13(18)9-12(14(16)19)15-7-2-8-17/h3-6,12,15,17H,2,7-9H2,1H3. The second-order valence-corrected chi connectivity index (χ2v) is 4.55. The van der Waals surface area contributed by atoms with Crippen LogP contribution in [0.15, 0.2) is 24.3 Å². The van der Waals surface area contributed by atoms with E-state index in [9.17, 15) is 9.59 Å². The van der Waals surface area contributed by atoms with Gasteiger partial charge in [0.1, 0.15) is 5.75 Å². The van der Waals surface area contributed by atoms with E-state index >= 15 is 0 Å². The zero-order valence-corrected chi connectivity index (χ0v) is 11.3. The Kier molecular flexibility index (Phi) is 4.70. The highest BCUT2D eigenvalue weighted by Gasteiger charge is 2.39. The number of carbonyl (C=O) groups is 2. The van der Waals surface area contributed by atoms with Crippen LogP contribution in [-0.2, 0) is 9.59 Å². The minimum atomic E-state index is -0.504. The Labute approximate surface area is 117 Å². The van der Waals surface area contributed by atoms with E-state index in [2.05, 4.69) is 5.32 Å². The molecule has 0 aromatic heterocycles. The molecule has 0 saturated carbocycles. The maximum atomic E-state index is 12.2. The number of imide groups is 1. The van der Waals surface area contributed by atoms with Crippen LogP contribution in [0.3, 0.4) is 0 Å². The summed E-state index contributed by atoms with van der Waals surface area (Å²) < 4.78 is 5.05. The molecule has 1 aromatic rings. The number of ether oxygens (including phenoxy) is 1. The van der Waals surface area contributed by atoms with E-state index in [1.165, 1.54) is 4.90 Å². The van der Waals surface area contributed by atoms with Crippen molar-refractivity contribution in [1.82, 2.24) is 5.32 Å². The number of anilines is 1. The Bertz CT molecular complexity index is 486. The highest BCUT2D eigenvalue weighted by molar-refractivity contribution is 6.22. The smallest absolute Gasteiger partial charge is 0.251 e. The summed E-state index contributed by atoms with van der Waals surface area (Å²) in [4.78, 5) is 25.4. The maximum absolute atomic E-state index is 12.2. The zero-order valence-electron chi connectivity index (χ0n) is 11.3. The molecule has 0 aliphatic carbocycles. The zero-order chi connectivity index (χ0) is 14.5. The van der Waals surface area contributed by atoms with Gasteiger partial charge < -0.3 is 15.2 Å². The second-order valence-electron chi connectivity index (χ2n) is 4.55. The molecule has 20 heavy (non-hydrogen) atoms. The fourth-order valence-electron chi connectivity index (χ4n) is 2.15. The van der Waals surface area contributed by atoms with Crippen molar-refractivity contribution in [1.29, 1.82) is 0 Å². The maximum Gasteiger partial charge on any atom is 0.251 e. The van der Waals surface area contributed by atoms with Crippen LogP contribution in [0.5, 0.6) is 5.75 Å². The molecule has 6 heteroatoms. The summed E-state index contributed by atoms with van der Waals surface area (Å²) in [5.41, 5.74) is 0.548. The molecule has 1 aliphatic heterocycles. The summed E-state index contributed by atoms with van der Waals surface area (Å²) >= 11 is 0. The molecule has 1 atom stereocenters. The quantitative estimate of drug-likeness (QED) is 0.578. The number of nitrogens with one attached hydrogen (secondary N) is 1. The Morgan fingerprint density at radius 3 is 2.65 bits per heavy atom. The lowest BCUT2D eigenvalue weighted by molar-refractivity contribution is -0.121. The molecule has 0 radical (unpaired) electrons. The van der Waals surface area contributed by atoms with E-state index in [4.69, 9.17) is 9.84 Å². The summed E-state index contributed by atoms with van der Waals surface area (Å²) in [6, 6.07) is 6.29. The summed E-state index contributed by atoms with van der Waals surface area (Å²) in [6.07, 6.45) is 0.705. The van der Waals surface area contributed by atoms with E-state index in [-0.39, 0.29) is 24.8 Å². The summed E-state index contributed by atoms with van der Waals surface area (Å²) in [5.74, 6) is 0.199. The molecule has 1 unspecified atom stereocenters. The molecule has 1 heterocycles. The van der Waals surface area contributed by atoms with Crippen LogP contribution >= 0.6 is 0 Å². The van der Waals surface area contributed by atoms with Gasteiger partial charge in [0.05, 0.1) is 25.3 Å². The average Bonchev–Trinajstić information content (AvgIpc) is 2.74. The number of methoxy groups -OCH3 is 1. The number of hydrogen-bond acceptors (Lipinski definition) is 5. The minimum Gasteiger partial charge on any atom is -0.497 e. The van der Waals surface area contributed by atoms with E-state index in [0.29, 0.717) is 24.4 Å². The predicted octanol–water partition coefficient (Wildman–Crippen LogP) is 0.299. The lowest BCUT2D eigenvalue weighted by Gasteiger charge is -2.15. The Morgan fingerprint density at radius 2 is 2.05 bits per heavy atom. The van der Waals surface area contributed by atoms with Crippen molar-refractivity contribution in [3.8, 4) is 5.75 Å². The largest absolute Gasteiger partial charge is 0.497 e. The van der Waals surface area contributed by atoms with Crippen LogP contribution in [0, 0.1) is 0 Å². The number of nitrogens with zero attached hydrogens (tertiary/aromatic N) is 1. The lowest BCUT2D eigenvalue weighted by atomic mass is 10.2. The lowest BCUT2D eigenvalue weighted by Crippen LogP contribution is -2.39. The highest BCUT2D eigenvalue weighted by atomic mass is 16.5. The Hall–Kier alpha value is -1.92. The van der Waals surface area contributed by atoms with Crippen molar-refractivity contribution in [3.05, 3.63) is 24.3 Å². The molecule has 108 valence electrons. The number of aliphatic hydroxyl groups excluding tert-OH is 1. The Balaban J connectivity index is 2.07. The molecular weight excluding hydrogens is 260 g/mol. The first-order valence-electron chi connectivity index (χ1n) is 6.52. The number of aliphatic hydroxyl groups is 1. The third-order valence-corrected chi connectivity index (χ3v) is 3.20. The third kappa shape index (κ3) is 2.97. The van der Waals surface area contributed by atoms with Crippen molar-refractivity contribution < 1.29 is 19.4 Å². The van der Waals surface area contributed by atoms with E-state index in [0.717, 1.165) is 0 Å². The van der Waals surface area contributed by atoms with Crippen LogP contribution in [0.2, 0.25) is 0 Å². The fourth-order valence-corrected chi connectivity index (χ4v) is 2.15. The number of amides is 2. The number of benzene rings is 1. The Morgan fingerprint density at radius 1 is 1.35 bits per heavy atom. The molecule has 1 fully saturated rings. The first-order chi connectivity index (χ1) is 9.67. The van der Waals surface area contributed by atoms with E-state index in [1.807, 2.05) is 0 Å². The summed E-state index contributed by atoms with van der Waals surface area (Å²) in [5, 5.41) is 11.7. The summed E-state index contributed by atoms with van der Waals surface area (Å²) in [6.45, 7) is 0.570. The molecule has 6 nitrogen and oxygen atoms in total. The first kappa shape index (κ1) is 14.5. The van der Waals surface area contributed by atoms with Gasteiger partial charge in [-0.05, 0) is 37.2 Å². The van der Waals surface area contributed by atoms with Gasteiger partial charge in [-0.1, -0.05) is 0 Å². The van der Waals surface area contributed by atoms with Crippen LogP contribution in [0.4, 0.5) is 5.69 Å². The normalized spacial score (nSPS) is 18.7. The van der Waals surface area contributed by atoms with Gasteiger partial charge in [-0.25, -0.2) is 4.90 Å². The van der Waals surface area contributed by atoms with Gasteiger partial charge in [0.15, 0.2) is 0 Å². The van der Waals surface area contributed by atoms with Crippen molar-refractivity contribution in [2.75, 3.05) is 25.2 Å². The van der Waals surface area contributed by atoms with Gasteiger partial charge >= 0.3 is 0 Å². The average molecular weight is 278 g/mol. The van der Waals surface area contributed by atoms with Crippen molar-refractivity contribution in [2.45, 2.75) is 18.9 Å². The van der Waals surface area contributed by atoms with Gasteiger partial charge in [0.2, 0.25) is 5.91 Å². The van der Waals surface area contributed by atoms with Crippen LogP contribution in [0.25, 0.3) is 0 Å². The molecule has 0 spiro atoms. The molecule has 1 aromatic carbocycles. The number of hydrogen-bond donors (Lipinski definition) is 2. The molecule has 2 rings (SSSR count). The minimum absolute atomic E-state index is 0.0596. The topological polar surface area (TPSA) is 78.9 Å². The molecule has 1 saturated heterocycles. The molecular formula is C14H18N2O4. The van der Waals surface area contributed by atoms with Crippen molar-refractivity contribution >= 4 is 17.5 Å². The van der Waals surface area contributed by atoms with Crippen molar-refractivity contribution in [2.24, 2.45) is 0 Å². The number of carbonyl (C=O) groups excluding carboxylic acids is 2. The van der Waals surface area contributed by atoms with Crippen molar-refractivity contribution in [3.63, 3.8) is 0 Å². The monoisotopic (exact) mass is 278 g/mol. The van der Waals surface area contributed by atoms with Gasteiger partial charge in [0.25, 0.3) is 5.91 Å². The van der Waals surface area contributed by atoms with E-state index < -0.39 is 6.04 Å². The van der Waals surface area contributed by atoms with Crippen LogP contribution in [0.1, 0.15) is 12.8 Å². The predicted molar refractivity (Wildman–Crippen MR) is 73.6 cm³/mol. The van der Waals surface area contributed by atoms with Crippen LogP contribution in [-0.4, -0.2) is 43.2 Å². The molecule has 2 N–H and O–H groups in total. The van der Waals surface area contributed by atoms with Gasteiger partial charge in [-0.15, -0.1) is 0 Å². The molecule has 0 bridgehead atoms. The molecule has 1 aliphatic rings. The highest BCUT2D eigenvalue weighted by Crippen LogP contribution is 2.25. The molecule has 2 amide bonds. The fraction of sp³-hybridized carbons (Fsp3) is 0.429. The van der Waals surface area contributed by atoms with Gasteiger partial charge in [-0.3, -0.25) is 9.59 Å². The summed E-state index contributed by atoms with van der Waals surface area (Å²) in [7, 11) is 1.56. The third-order valence-electron chi connectivity index (χ3n) is 3.20. The number of rotatable bonds is 6. The van der Waals surface area contributed by atoms with Crippen LogP contribution < -0.4 is 15.0 Å². The second kappa shape index (κ2) is 6.49. The first-order valence-corrected chi connectivity index (χ1v) is 6.52.